The van der Waals surface area contributed by atoms with Gasteiger partial charge in [0.2, 0.25) is 15.9 Å². The summed E-state index contributed by atoms with van der Waals surface area (Å²) in [4.78, 5) is 11.5. The quantitative estimate of drug-likeness (QED) is 0.359. The molecule has 0 aromatic carbocycles. The van der Waals surface area contributed by atoms with Crippen molar-refractivity contribution in [1.82, 2.24) is 13.7 Å². The summed E-state index contributed by atoms with van der Waals surface area (Å²) in [7, 11) is -7.59. The second kappa shape index (κ2) is 8.80. The summed E-state index contributed by atoms with van der Waals surface area (Å²) in [6.45, 7) is 0.0929. The minimum absolute atomic E-state index is 0.101. The van der Waals surface area contributed by atoms with Gasteiger partial charge < -0.3 is 14.6 Å². The molecule has 0 aromatic rings. The number of nitrogens with zero attached hydrogens (tertiary/aromatic N) is 1. The first-order valence-corrected chi connectivity index (χ1v) is 13.4. The molecule has 0 radical (unpaired) electrons. The SMILES string of the molecule is O=C1CN(C2C(O)CC3CCC(OCCNS(=O)(=O)C4COC4)CC3C2F)S(=O)(=O)N1. The van der Waals surface area contributed by atoms with Gasteiger partial charge in [-0.2, -0.15) is 12.7 Å². The van der Waals surface area contributed by atoms with E-state index < -0.39 is 62.2 Å². The zero-order valence-corrected chi connectivity index (χ0v) is 18.5. The van der Waals surface area contributed by atoms with E-state index in [9.17, 15) is 26.7 Å². The molecule has 4 fully saturated rings. The summed E-state index contributed by atoms with van der Waals surface area (Å²) >= 11 is 0. The van der Waals surface area contributed by atoms with Crippen molar-refractivity contribution in [1.29, 1.82) is 0 Å². The molecule has 178 valence electrons. The molecule has 0 bridgehead atoms. The standard InChI is InChI=1S/C17H28FN3O8S2/c18-16-13-6-11(29-4-3-19-30(24,25)12-8-28-9-12)2-1-10(13)5-14(22)17(16)21-7-15(23)20-31(21,26)27/h10-14,16-17,19,22H,1-9H2,(H,20,23). The average Bonchev–Trinajstić information content (AvgIpc) is 2.89. The predicted molar refractivity (Wildman–Crippen MR) is 105 cm³/mol. The largest absolute Gasteiger partial charge is 0.391 e. The lowest BCUT2D eigenvalue weighted by Crippen LogP contribution is -2.59. The van der Waals surface area contributed by atoms with E-state index in [4.69, 9.17) is 9.47 Å². The third-order valence-corrected chi connectivity index (χ3v) is 9.89. The number of halogens is 1. The van der Waals surface area contributed by atoms with Crippen LogP contribution < -0.4 is 9.44 Å². The molecule has 4 rings (SSSR count). The molecule has 2 saturated carbocycles. The molecule has 2 aliphatic heterocycles. The summed E-state index contributed by atoms with van der Waals surface area (Å²) in [5, 5.41) is 9.91. The van der Waals surface area contributed by atoms with Crippen LogP contribution in [0.15, 0.2) is 0 Å². The van der Waals surface area contributed by atoms with Crippen molar-refractivity contribution in [2.75, 3.05) is 32.9 Å². The first kappa shape index (κ1) is 23.3. The lowest BCUT2D eigenvalue weighted by molar-refractivity contribution is -0.120. The molecule has 11 nitrogen and oxygen atoms in total. The number of alkyl halides is 1. The number of carbonyl (C=O) groups excluding carboxylic acids is 1. The van der Waals surface area contributed by atoms with Crippen LogP contribution in [0.2, 0.25) is 0 Å². The molecule has 4 aliphatic rings. The minimum atomic E-state index is -4.16. The molecule has 31 heavy (non-hydrogen) atoms. The summed E-state index contributed by atoms with van der Waals surface area (Å²) in [6.07, 6.45) is -1.26. The number of aliphatic hydroxyl groups excluding tert-OH is 1. The maximum atomic E-state index is 15.4. The van der Waals surface area contributed by atoms with Crippen molar-refractivity contribution in [3.8, 4) is 0 Å². The van der Waals surface area contributed by atoms with E-state index in [1.54, 1.807) is 0 Å². The fourth-order valence-corrected chi connectivity index (χ4v) is 7.46. The van der Waals surface area contributed by atoms with Gasteiger partial charge in [-0.3, -0.25) is 4.79 Å². The van der Waals surface area contributed by atoms with Gasteiger partial charge in [0, 0.05) is 6.54 Å². The van der Waals surface area contributed by atoms with Crippen molar-refractivity contribution in [2.24, 2.45) is 11.8 Å². The van der Waals surface area contributed by atoms with Gasteiger partial charge in [0.25, 0.3) is 0 Å². The number of aliphatic hydroxyl groups is 1. The maximum Gasteiger partial charge on any atom is 0.304 e. The van der Waals surface area contributed by atoms with Crippen molar-refractivity contribution in [3.05, 3.63) is 0 Å². The third kappa shape index (κ3) is 4.75. The Morgan fingerprint density at radius 1 is 1.29 bits per heavy atom. The van der Waals surface area contributed by atoms with Crippen LogP contribution in [-0.4, -0.2) is 94.7 Å². The van der Waals surface area contributed by atoms with E-state index >= 15 is 4.39 Å². The second-order valence-corrected chi connectivity index (χ2v) is 12.3. The number of fused-ring (bicyclic) bond motifs is 1. The molecule has 2 saturated heterocycles. The Balaban J connectivity index is 1.32. The Labute approximate surface area is 180 Å². The van der Waals surface area contributed by atoms with Crippen LogP contribution in [0.4, 0.5) is 4.39 Å². The molecule has 0 spiro atoms. The van der Waals surface area contributed by atoms with Gasteiger partial charge in [-0.05, 0) is 37.5 Å². The number of ether oxygens (including phenoxy) is 2. The van der Waals surface area contributed by atoms with Gasteiger partial charge in [0.05, 0.1) is 44.6 Å². The van der Waals surface area contributed by atoms with E-state index in [-0.39, 0.29) is 44.8 Å². The number of amides is 1. The van der Waals surface area contributed by atoms with Crippen LogP contribution in [-0.2, 0) is 34.5 Å². The van der Waals surface area contributed by atoms with Crippen LogP contribution in [0.25, 0.3) is 0 Å². The van der Waals surface area contributed by atoms with Crippen molar-refractivity contribution >= 4 is 26.1 Å². The summed E-state index contributed by atoms with van der Waals surface area (Å²) < 4.78 is 79.3. The molecule has 2 aliphatic carbocycles. The number of hydrogen-bond donors (Lipinski definition) is 3. The van der Waals surface area contributed by atoms with Crippen LogP contribution in [0.3, 0.4) is 0 Å². The first-order valence-electron chi connectivity index (χ1n) is 10.4. The highest BCUT2D eigenvalue weighted by Crippen LogP contribution is 2.45. The molecular formula is C17H28FN3O8S2. The van der Waals surface area contributed by atoms with Crippen molar-refractivity contribution < 1.29 is 40.6 Å². The van der Waals surface area contributed by atoms with Crippen molar-refractivity contribution in [3.63, 3.8) is 0 Å². The number of nitrogens with one attached hydrogen (secondary N) is 2. The highest BCUT2D eigenvalue weighted by atomic mass is 32.2. The average molecular weight is 486 g/mol. The normalized spacial score (nSPS) is 39.0. The number of hydrogen-bond acceptors (Lipinski definition) is 8. The zero-order chi connectivity index (χ0) is 22.4. The van der Waals surface area contributed by atoms with E-state index in [1.165, 1.54) is 0 Å². The summed E-state index contributed by atoms with van der Waals surface area (Å²) in [6, 6.07) is -1.32. The van der Waals surface area contributed by atoms with Gasteiger partial charge in [-0.1, -0.05) is 0 Å². The van der Waals surface area contributed by atoms with Crippen molar-refractivity contribution in [2.45, 2.75) is 55.4 Å². The number of sulfonamides is 1. The smallest absolute Gasteiger partial charge is 0.304 e. The van der Waals surface area contributed by atoms with E-state index in [2.05, 4.69) is 4.72 Å². The highest BCUT2D eigenvalue weighted by Gasteiger charge is 2.53. The lowest BCUT2D eigenvalue weighted by Gasteiger charge is -2.47. The third-order valence-electron chi connectivity index (χ3n) is 6.66. The first-order chi connectivity index (χ1) is 14.6. The molecular weight excluding hydrogens is 457 g/mol. The monoisotopic (exact) mass is 485 g/mol. The molecule has 3 N–H and O–H groups in total. The minimum Gasteiger partial charge on any atom is -0.391 e. The van der Waals surface area contributed by atoms with Gasteiger partial charge in [-0.15, -0.1) is 0 Å². The number of carbonyl (C=O) groups is 1. The fraction of sp³-hybridized carbons (Fsp3) is 0.941. The molecule has 1 amide bonds. The van der Waals surface area contributed by atoms with Gasteiger partial charge >= 0.3 is 10.2 Å². The van der Waals surface area contributed by atoms with Gasteiger partial charge in [0.1, 0.15) is 11.4 Å². The molecule has 14 heteroatoms. The van der Waals surface area contributed by atoms with E-state index in [0.29, 0.717) is 19.3 Å². The maximum absolute atomic E-state index is 15.4. The van der Waals surface area contributed by atoms with Crippen LogP contribution in [0, 0.1) is 11.8 Å². The summed E-state index contributed by atoms with van der Waals surface area (Å²) in [5.74, 6) is -1.36. The highest BCUT2D eigenvalue weighted by molar-refractivity contribution is 7.90. The Kier molecular flexibility index (Phi) is 6.60. The van der Waals surface area contributed by atoms with Gasteiger partial charge in [0.15, 0.2) is 0 Å². The van der Waals surface area contributed by atoms with E-state index in [0.717, 1.165) is 4.31 Å². The second-order valence-electron chi connectivity index (χ2n) is 8.64. The molecule has 2 heterocycles. The topological polar surface area (TPSA) is 151 Å². The Hall–Kier alpha value is -0.900. The Morgan fingerprint density at radius 3 is 2.65 bits per heavy atom. The fourth-order valence-electron chi connectivity index (χ4n) is 4.98. The Bertz CT molecular complexity index is 897. The predicted octanol–water partition coefficient (Wildman–Crippen LogP) is -1.75. The van der Waals surface area contributed by atoms with E-state index in [1.807, 2.05) is 4.72 Å². The van der Waals surface area contributed by atoms with Crippen LogP contribution >= 0.6 is 0 Å². The molecule has 0 aromatic heterocycles. The molecule has 6 atom stereocenters. The van der Waals surface area contributed by atoms with Crippen LogP contribution in [0.5, 0.6) is 0 Å². The van der Waals surface area contributed by atoms with Gasteiger partial charge in [-0.25, -0.2) is 22.3 Å². The molecule has 6 unspecified atom stereocenters. The lowest BCUT2D eigenvalue weighted by atomic mass is 9.66. The van der Waals surface area contributed by atoms with Crippen LogP contribution in [0.1, 0.15) is 25.7 Å². The number of rotatable bonds is 7. The Morgan fingerprint density at radius 2 is 2.03 bits per heavy atom. The summed E-state index contributed by atoms with van der Waals surface area (Å²) in [5.41, 5.74) is 0. The zero-order valence-electron chi connectivity index (χ0n) is 16.9.